The van der Waals surface area contributed by atoms with Gasteiger partial charge in [0.15, 0.2) is 0 Å². The van der Waals surface area contributed by atoms with Crippen LogP contribution in [0.25, 0.3) is 0 Å². The maximum atomic E-state index is 6.26. The fraction of sp³-hybridized carbons (Fsp3) is 0.375. The third kappa shape index (κ3) is 3.06. The standard InChI is InChI=1S/C16H17BrClN3/c1-8-6-12(17)7-9(2)13(8)19-15-10(3)14(18)20-16(21-15)11-4-5-11/h6-7,11H,4-5H2,1-3H3,(H,19,20,21). The zero-order valence-electron chi connectivity index (χ0n) is 12.3. The molecule has 1 fully saturated rings. The van der Waals surface area contributed by atoms with Crippen molar-refractivity contribution in [3.8, 4) is 0 Å². The van der Waals surface area contributed by atoms with Crippen molar-refractivity contribution in [2.45, 2.75) is 39.5 Å². The quantitative estimate of drug-likeness (QED) is 0.735. The highest BCUT2D eigenvalue weighted by Crippen LogP contribution is 2.40. The minimum Gasteiger partial charge on any atom is -0.339 e. The van der Waals surface area contributed by atoms with E-state index in [1.165, 1.54) is 11.1 Å². The van der Waals surface area contributed by atoms with Crippen molar-refractivity contribution >= 4 is 39.0 Å². The summed E-state index contributed by atoms with van der Waals surface area (Å²) in [5.74, 6) is 2.15. The van der Waals surface area contributed by atoms with Crippen molar-refractivity contribution in [2.24, 2.45) is 0 Å². The number of nitrogens with zero attached hydrogens (tertiary/aromatic N) is 2. The molecule has 1 aromatic heterocycles. The number of aryl methyl sites for hydroxylation is 2. The van der Waals surface area contributed by atoms with Crippen LogP contribution in [0.2, 0.25) is 5.15 Å². The minimum atomic E-state index is 0.482. The molecule has 110 valence electrons. The van der Waals surface area contributed by atoms with Gasteiger partial charge in [0.2, 0.25) is 0 Å². The molecule has 0 amide bonds. The fourth-order valence-corrected chi connectivity index (χ4v) is 3.24. The van der Waals surface area contributed by atoms with Crippen molar-refractivity contribution in [1.82, 2.24) is 9.97 Å². The molecule has 1 aliphatic rings. The van der Waals surface area contributed by atoms with E-state index in [0.717, 1.165) is 40.2 Å². The van der Waals surface area contributed by atoms with Crippen molar-refractivity contribution in [3.63, 3.8) is 0 Å². The number of anilines is 2. The van der Waals surface area contributed by atoms with Crippen LogP contribution in [0.5, 0.6) is 0 Å². The molecule has 5 heteroatoms. The van der Waals surface area contributed by atoms with Gasteiger partial charge in [0.25, 0.3) is 0 Å². The number of rotatable bonds is 3. The largest absolute Gasteiger partial charge is 0.339 e. The fourth-order valence-electron chi connectivity index (χ4n) is 2.38. The molecule has 1 N–H and O–H groups in total. The highest BCUT2D eigenvalue weighted by Gasteiger charge is 2.28. The summed E-state index contributed by atoms with van der Waals surface area (Å²) in [6, 6.07) is 4.19. The predicted molar refractivity (Wildman–Crippen MR) is 90.7 cm³/mol. The summed E-state index contributed by atoms with van der Waals surface area (Å²) in [7, 11) is 0. The number of hydrogen-bond acceptors (Lipinski definition) is 3. The third-order valence-electron chi connectivity index (χ3n) is 3.79. The van der Waals surface area contributed by atoms with E-state index in [2.05, 4.69) is 57.2 Å². The molecule has 1 aromatic carbocycles. The summed E-state index contributed by atoms with van der Waals surface area (Å²) >= 11 is 9.79. The summed E-state index contributed by atoms with van der Waals surface area (Å²) in [5, 5.41) is 3.99. The van der Waals surface area contributed by atoms with Crippen LogP contribution in [-0.2, 0) is 0 Å². The molecule has 0 atom stereocenters. The Kier molecular flexibility index (Phi) is 3.93. The molecule has 2 aromatic rings. The van der Waals surface area contributed by atoms with Crippen LogP contribution in [0.15, 0.2) is 16.6 Å². The Balaban J connectivity index is 2.02. The van der Waals surface area contributed by atoms with Gasteiger partial charge in [-0.15, -0.1) is 0 Å². The lowest BCUT2D eigenvalue weighted by Crippen LogP contribution is -2.05. The van der Waals surface area contributed by atoms with Gasteiger partial charge in [-0.25, -0.2) is 9.97 Å². The van der Waals surface area contributed by atoms with E-state index in [1.54, 1.807) is 0 Å². The Bertz CT molecular complexity index is 688. The first-order valence-electron chi connectivity index (χ1n) is 7.03. The van der Waals surface area contributed by atoms with Gasteiger partial charge in [0.1, 0.15) is 16.8 Å². The minimum absolute atomic E-state index is 0.482. The average Bonchev–Trinajstić information content (AvgIpc) is 3.22. The second kappa shape index (κ2) is 5.58. The van der Waals surface area contributed by atoms with Crippen LogP contribution in [0.1, 0.15) is 41.3 Å². The van der Waals surface area contributed by atoms with Gasteiger partial charge in [0, 0.05) is 21.6 Å². The van der Waals surface area contributed by atoms with E-state index >= 15 is 0 Å². The van der Waals surface area contributed by atoms with Gasteiger partial charge in [-0.2, -0.15) is 0 Å². The molecule has 3 nitrogen and oxygen atoms in total. The molecule has 0 bridgehead atoms. The summed E-state index contributed by atoms with van der Waals surface area (Å²) in [6.07, 6.45) is 2.32. The van der Waals surface area contributed by atoms with Crippen LogP contribution in [0, 0.1) is 20.8 Å². The first-order valence-corrected chi connectivity index (χ1v) is 8.20. The van der Waals surface area contributed by atoms with Crippen LogP contribution in [0.3, 0.4) is 0 Å². The summed E-state index contributed by atoms with van der Waals surface area (Å²) < 4.78 is 1.08. The normalized spacial score (nSPS) is 14.3. The van der Waals surface area contributed by atoms with Gasteiger partial charge in [-0.05, 0) is 56.9 Å². The average molecular weight is 367 g/mol. The molecule has 21 heavy (non-hydrogen) atoms. The van der Waals surface area contributed by atoms with E-state index in [0.29, 0.717) is 11.1 Å². The second-order valence-electron chi connectivity index (χ2n) is 5.66. The SMILES string of the molecule is Cc1cc(Br)cc(C)c1Nc1nc(C2CC2)nc(Cl)c1C. The van der Waals surface area contributed by atoms with Crippen LogP contribution < -0.4 is 5.32 Å². The van der Waals surface area contributed by atoms with Gasteiger partial charge in [-0.1, -0.05) is 27.5 Å². The van der Waals surface area contributed by atoms with Gasteiger partial charge in [0.05, 0.1) is 0 Å². The molecular weight excluding hydrogens is 350 g/mol. The molecule has 0 radical (unpaired) electrons. The summed E-state index contributed by atoms with van der Waals surface area (Å²) in [5.41, 5.74) is 4.31. The van der Waals surface area contributed by atoms with E-state index in [9.17, 15) is 0 Å². The molecule has 0 aliphatic heterocycles. The van der Waals surface area contributed by atoms with Crippen molar-refractivity contribution < 1.29 is 0 Å². The summed E-state index contributed by atoms with van der Waals surface area (Å²) in [6.45, 7) is 6.12. The number of hydrogen-bond donors (Lipinski definition) is 1. The van der Waals surface area contributed by atoms with E-state index in [1.807, 2.05) is 6.92 Å². The maximum Gasteiger partial charge on any atom is 0.138 e. The number of benzene rings is 1. The van der Waals surface area contributed by atoms with E-state index < -0.39 is 0 Å². The smallest absolute Gasteiger partial charge is 0.138 e. The van der Waals surface area contributed by atoms with Crippen LogP contribution in [-0.4, -0.2) is 9.97 Å². The van der Waals surface area contributed by atoms with Gasteiger partial charge >= 0.3 is 0 Å². The first-order chi connectivity index (χ1) is 9.95. The molecule has 3 rings (SSSR count). The lowest BCUT2D eigenvalue weighted by molar-refractivity contribution is 0.921. The van der Waals surface area contributed by atoms with E-state index in [4.69, 9.17) is 11.6 Å². The Morgan fingerprint density at radius 1 is 1.14 bits per heavy atom. The van der Waals surface area contributed by atoms with Crippen LogP contribution in [0.4, 0.5) is 11.5 Å². The molecule has 1 heterocycles. The van der Waals surface area contributed by atoms with Crippen molar-refractivity contribution in [1.29, 1.82) is 0 Å². The Morgan fingerprint density at radius 3 is 2.33 bits per heavy atom. The van der Waals surface area contributed by atoms with Crippen LogP contribution >= 0.6 is 27.5 Å². The Morgan fingerprint density at radius 2 is 1.76 bits per heavy atom. The predicted octanol–water partition coefficient (Wildman–Crippen LogP) is 5.44. The Labute approximate surface area is 138 Å². The molecule has 1 saturated carbocycles. The lowest BCUT2D eigenvalue weighted by atomic mass is 10.1. The second-order valence-corrected chi connectivity index (χ2v) is 6.93. The highest BCUT2D eigenvalue weighted by atomic mass is 79.9. The van der Waals surface area contributed by atoms with Crippen molar-refractivity contribution in [2.75, 3.05) is 5.32 Å². The molecule has 0 saturated heterocycles. The zero-order chi connectivity index (χ0) is 15.1. The number of nitrogens with one attached hydrogen (secondary N) is 1. The molecule has 0 unspecified atom stereocenters. The topological polar surface area (TPSA) is 37.8 Å². The molecular formula is C16H17BrClN3. The Hall–Kier alpha value is -1.13. The highest BCUT2D eigenvalue weighted by molar-refractivity contribution is 9.10. The molecule has 1 aliphatic carbocycles. The number of halogens is 2. The third-order valence-corrected chi connectivity index (χ3v) is 4.61. The van der Waals surface area contributed by atoms with Gasteiger partial charge in [-0.3, -0.25) is 0 Å². The number of aromatic nitrogens is 2. The monoisotopic (exact) mass is 365 g/mol. The zero-order valence-corrected chi connectivity index (χ0v) is 14.6. The van der Waals surface area contributed by atoms with E-state index in [-0.39, 0.29) is 0 Å². The molecule has 0 spiro atoms. The maximum absolute atomic E-state index is 6.26. The van der Waals surface area contributed by atoms with Crippen molar-refractivity contribution in [3.05, 3.63) is 44.3 Å². The lowest BCUT2D eigenvalue weighted by Gasteiger charge is -2.15. The summed E-state index contributed by atoms with van der Waals surface area (Å²) in [4.78, 5) is 9.08. The first kappa shape index (κ1) is 14.8. The van der Waals surface area contributed by atoms with Gasteiger partial charge < -0.3 is 5.32 Å².